The summed E-state index contributed by atoms with van der Waals surface area (Å²) in [7, 11) is 0. The van der Waals surface area contributed by atoms with Gasteiger partial charge < -0.3 is 0 Å². The van der Waals surface area contributed by atoms with Gasteiger partial charge in [0, 0.05) is 21.1 Å². The minimum Gasteiger partial charge on any atom is -0.244 e. The van der Waals surface area contributed by atoms with Crippen molar-refractivity contribution in [1.82, 2.24) is 4.98 Å². The molecule has 2 aromatic rings. The smallest absolute Gasteiger partial charge is 0.123 e. The largest absolute Gasteiger partial charge is 0.244 e. The molecule has 0 radical (unpaired) electrons. The van der Waals surface area contributed by atoms with Crippen LogP contribution in [-0.2, 0) is 0 Å². The molecule has 0 aliphatic rings. The van der Waals surface area contributed by atoms with Gasteiger partial charge in [-0.2, -0.15) is 0 Å². The summed E-state index contributed by atoms with van der Waals surface area (Å²) in [4.78, 5) is 5.64. The SMILES string of the molecule is Cc1cnc(-c2cc(Br)ccc2C)s1. The van der Waals surface area contributed by atoms with Crippen LogP contribution in [0.3, 0.4) is 0 Å². The molecule has 1 aromatic heterocycles. The molecule has 72 valence electrons. The molecule has 1 nitrogen and oxygen atoms in total. The normalized spacial score (nSPS) is 10.5. The van der Waals surface area contributed by atoms with Crippen LogP contribution in [0.15, 0.2) is 28.9 Å². The van der Waals surface area contributed by atoms with Crippen molar-refractivity contribution in [3.63, 3.8) is 0 Å². The first-order valence-corrected chi connectivity index (χ1v) is 5.97. The van der Waals surface area contributed by atoms with E-state index in [9.17, 15) is 0 Å². The minimum atomic E-state index is 1.10. The maximum absolute atomic E-state index is 4.39. The van der Waals surface area contributed by atoms with Crippen LogP contribution in [0.5, 0.6) is 0 Å². The Hall–Kier alpha value is -0.670. The summed E-state index contributed by atoms with van der Waals surface area (Å²) in [5, 5.41) is 1.10. The lowest BCUT2D eigenvalue weighted by atomic mass is 10.1. The van der Waals surface area contributed by atoms with Crippen molar-refractivity contribution >= 4 is 27.3 Å². The lowest BCUT2D eigenvalue weighted by molar-refractivity contribution is 1.35. The van der Waals surface area contributed by atoms with Crippen LogP contribution in [0.1, 0.15) is 10.4 Å². The molecule has 1 aromatic carbocycles. The lowest BCUT2D eigenvalue weighted by Crippen LogP contribution is -1.81. The van der Waals surface area contributed by atoms with Gasteiger partial charge >= 0.3 is 0 Å². The summed E-state index contributed by atoms with van der Waals surface area (Å²) >= 11 is 5.21. The maximum atomic E-state index is 4.39. The summed E-state index contributed by atoms with van der Waals surface area (Å²) in [6, 6.07) is 6.28. The van der Waals surface area contributed by atoms with Crippen LogP contribution in [0.25, 0.3) is 10.6 Å². The van der Waals surface area contributed by atoms with E-state index in [-0.39, 0.29) is 0 Å². The number of hydrogen-bond donors (Lipinski definition) is 0. The fourth-order valence-corrected chi connectivity index (χ4v) is 2.51. The van der Waals surface area contributed by atoms with Gasteiger partial charge in [-0.3, -0.25) is 0 Å². The molecule has 0 atom stereocenters. The average Bonchev–Trinajstić information content (AvgIpc) is 2.56. The van der Waals surface area contributed by atoms with E-state index in [1.165, 1.54) is 16.0 Å². The van der Waals surface area contributed by atoms with Gasteiger partial charge in [-0.05, 0) is 31.5 Å². The molecular weight excluding hydrogens is 258 g/mol. The second-order valence-corrected chi connectivity index (χ2v) is 5.39. The number of benzene rings is 1. The Kier molecular flexibility index (Phi) is 2.70. The Morgan fingerprint density at radius 1 is 1.29 bits per heavy atom. The molecule has 0 aliphatic heterocycles. The van der Waals surface area contributed by atoms with Crippen molar-refractivity contribution < 1.29 is 0 Å². The van der Waals surface area contributed by atoms with E-state index in [4.69, 9.17) is 0 Å². The molecule has 3 heteroatoms. The van der Waals surface area contributed by atoms with Crippen molar-refractivity contribution in [3.8, 4) is 10.6 Å². The van der Waals surface area contributed by atoms with Crippen molar-refractivity contribution in [2.75, 3.05) is 0 Å². The highest BCUT2D eigenvalue weighted by atomic mass is 79.9. The second kappa shape index (κ2) is 3.83. The third kappa shape index (κ3) is 1.88. The standard InChI is InChI=1S/C11H10BrNS/c1-7-3-4-9(12)5-10(7)11-13-6-8(2)14-11/h3-6H,1-2H3. The van der Waals surface area contributed by atoms with Crippen molar-refractivity contribution in [2.45, 2.75) is 13.8 Å². The third-order valence-corrected chi connectivity index (χ3v) is 3.49. The molecule has 0 amide bonds. The molecule has 0 saturated carbocycles. The Morgan fingerprint density at radius 3 is 2.71 bits per heavy atom. The first-order chi connectivity index (χ1) is 6.66. The summed E-state index contributed by atoms with van der Waals surface area (Å²) in [5.41, 5.74) is 2.49. The van der Waals surface area contributed by atoms with Gasteiger partial charge in [0.15, 0.2) is 0 Å². The van der Waals surface area contributed by atoms with Crippen LogP contribution in [-0.4, -0.2) is 4.98 Å². The van der Waals surface area contributed by atoms with E-state index in [0.717, 1.165) is 9.48 Å². The van der Waals surface area contributed by atoms with Crippen LogP contribution in [0, 0.1) is 13.8 Å². The first-order valence-electron chi connectivity index (χ1n) is 4.36. The van der Waals surface area contributed by atoms with Crippen LogP contribution in [0.4, 0.5) is 0 Å². The summed E-state index contributed by atoms with van der Waals surface area (Å²) in [6.45, 7) is 4.19. The van der Waals surface area contributed by atoms with Crippen molar-refractivity contribution in [3.05, 3.63) is 39.3 Å². The zero-order valence-corrected chi connectivity index (χ0v) is 10.4. The molecule has 0 unspecified atom stereocenters. The Balaban J connectivity index is 2.55. The first kappa shape index (κ1) is 9.87. The van der Waals surface area contributed by atoms with E-state index < -0.39 is 0 Å². The number of halogens is 1. The van der Waals surface area contributed by atoms with Crippen LogP contribution < -0.4 is 0 Å². The predicted molar refractivity (Wildman–Crippen MR) is 64.7 cm³/mol. The van der Waals surface area contributed by atoms with Gasteiger partial charge in [0.1, 0.15) is 5.01 Å². The molecule has 2 rings (SSSR count). The molecule has 0 fully saturated rings. The summed E-state index contributed by atoms with van der Waals surface area (Å²) in [6.07, 6.45) is 1.92. The fourth-order valence-electron chi connectivity index (χ4n) is 1.30. The van der Waals surface area contributed by atoms with Gasteiger partial charge in [0.05, 0.1) is 0 Å². The average molecular weight is 268 g/mol. The van der Waals surface area contributed by atoms with Crippen molar-refractivity contribution in [2.24, 2.45) is 0 Å². The molecule has 0 aliphatic carbocycles. The van der Waals surface area contributed by atoms with E-state index in [0.29, 0.717) is 0 Å². The fraction of sp³-hybridized carbons (Fsp3) is 0.182. The van der Waals surface area contributed by atoms with E-state index in [1.807, 2.05) is 6.20 Å². The minimum absolute atomic E-state index is 1.10. The highest BCUT2D eigenvalue weighted by Gasteiger charge is 2.05. The predicted octanol–water partition coefficient (Wildman–Crippen LogP) is 4.19. The lowest BCUT2D eigenvalue weighted by Gasteiger charge is -2.02. The van der Waals surface area contributed by atoms with Gasteiger partial charge in [-0.15, -0.1) is 11.3 Å². The Bertz CT molecular complexity index is 462. The van der Waals surface area contributed by atoms with Gasteiger partial charge in [0.2, 0.25) is 0 Å². The highest BCUT2D eigenvalue weighted by Crippen LogP contribution is 2.29. The maximum Gasteiger partial charge on any atom is 0.123 e. The second-order valence-electron chi connectivity index (χ2n) is 3.24. The topological polar surface area (TPSA) is 12.9 Å². The van der Waals surface area contributed by atoms with E-state index >= 15 is 0 Å². The van der Waals surface area contributed by atoms with Gasteiger partial charge in [0.25, 0.3) is 0 Å². The van der Waals surface area contributed by atoms with E-state index in [1.54, 1.807) is 11.3 Å². The highest BCUT2D eigenvalue weighted by molar-refractivity contribution is 9.10. The van der Waals surface area contributed by atoms with Gasteiger partial charge in [-0.25, -0.2) is 4.98 Å². The molecule has 0 N–H and O–H groups in total. The molecule has 0 spiro atoms. The zero-order valence-electron chi connectivity index (χ0n) is 8.04. The molecular formula is C11H10BrNS. The number of nitrogens with zero attached hydrogens (tertiary/aromatic N) is 1. The molecule has 14 heavy (non-hydrogen) atoms. The number of aryl methyl sites for hydroxylation is 2. The van der Waals surface area contributed by atoms with Crippen LogP contribution in [0.2, 0.25) is 0 Å². The number of rotatable bonds is 1. The number of thiazole rings is 1. The molecule has 0 bridgehead atoms. The third-order valence-electron chi connectivity index (χ3n) is 2.05. The summed E-state index contributed by atoms with van der Waals surface area (Å²) < 4.78 is 1.10. The molecule has 0 saturated heterocycles. The van der Waals surface area contributed by atoms with Crippen molar-refractivity contribution in [1.29, 1.82) is 0 Å². The Morgan fingerprint density at radius 2 is 2.07 bits per heavy atom. The van der Waals surface area contributed by atoms with Gasteiger partial charge in [-0.1, -0.05) is 22.0 Å². The zero-order chi connectivity index (χ0) is 10.1. The van der Waals surface area contributed by atoms with E-state index in [2.05, 4.69) is 53.0 Å². The quantitative estimate of drug-likeness (QED) is 0.755. The molecule has 1 heterocycles. The summed E-state index contributed by atoms with van der Waals surface area (Å²) in [5.74, 6) is 0. The van der Waals surface area contributed by atoms with Crippen LogP contribution >= 0.6 is 27.3 Å². The number of hydrogen-bond acceptors (Lipinski definition) is 2. The monoisotopic (exact) mass is 267 g/mol. The number of aromatic nitrogens is 1. The Labute approximate surface area is 95.9 Å².